The zero-order chi connectivity index (χ0) is 13.0. The van der Waals surface area contributed by atoms with Gasteiger partial charge in [-0.05, 0) is 35.6 Å². The predicted molar refractivity (Wildman–Crippen MR) is 70.3 cm³/mol. The summed E-state index contributed by atoms with van der Waals surface area (Å²) in [4.78, 5) is 1.09. The van der Waals surface area contributed by atoms with E-state index in [-0.39, 0.29) is 19.0 Å². The Morgan fingerprint density at radius 2 is 1.72 bits per heavy atom. The molecule has 0 fully saturated rings. The highest BCUT2D eigenvalue weighted by Crippen LogP contribution is 2.29. The number of hydrogen-bond acceptors (Lipinski definition) is 3. The zero-order valence-corrected chi connectivity index (χ0v) is 10.7. The number of benzene rings is 1. The third-order valence-corrected chi connectivity index (χ3v) is 4.03. The largest absolute Gasteiger partial charge is 0.395 e. The summed E-state index contributed by atoms with van der Waals surface area (Å²) in [6.07, 6.45) is 0.545. The van der Waals surface area contributed by atoms with Crippen molar-refractivity contribution in [1.29, 1.82) is 0 Å². The molecule has 0 unspecified atom stereocenters. The van der Waals surface area contributed by atoms with E-state index in [9.17, 15) is 14.6 Å². The van der Waals surface area contributed by atoms with Gasteiger partial charge >= 0.3 is 0 Å². The normalized spacial score (nSPS) is 11.7. The Balaban J connectivity index is 2.33. The summed E-state index contributed by atoms with van der Waals surface area (Å²) in [5.74, 6) is -0.320. The van der Waals surface area contributed by atoms with Crippen LogP contribution in [0.4, 0.5) is 4.39 Å². The quantitative estimate of drug-likeness (QED) is 0.872. The van der Waals surface area contributed by atoms with Crippen LogP contribution in [-0.4, -0.2) is 23.4 Å². The van der Waals surface area contributed by atoms with Crippen molar-refractivity contribution in [2.45, 2.75) is 11.8 Å². The average Bonchev–Trinajstić information content (AvgIpc) is 2.90. The van der Waals surface area contributed by atoms with Crippen LogP contribution in [-0.2, 0) is 11.8 Å². The smallest absolute Gasteiger partial charge is 0.123 e. The van der Waals surface area contributed by atoms with E-state index in [0.717, 1.165) is 10.4 Å². The average molecular weight is 266 g/mol. The van der Waals surface area contributed by atoms with Gasteiger partial charge in [0.2, 0.25) is 0 Å². The van der Waals surface area contributed by atoms with Crippen molar-refractivity contribution >= 4 is 11.3 Å². The van der Waals surface area contributed by atoms with Crippen molar-refractivity contribution in [3.63, 3.8) is 0 Å². The Labute approximate surface area is 109 Å². The molecule has 0 amide bonds. The summed E-state index contributed by atoms with van der Waals surface area (Å²) in [6.45, 7) is -0.347. The minimum atomic E-state index is -0.751. The van der Waals surface area contributed by atoms with Crippen LogP contribution in [0.1, 0.15) is 10.4 Å². The Morgan fingerprint density at radius 3 is 2.22 bits per heavy atom. The van der Waals surface area contributed by atoms with Crippen molar-refractivity contribution < 1.29 is 14.6 Å². The molecule has 0 atom stereocenters. The van der Waals surface area contributed by atoms with Crippen molar-refractivity contribution in [2.24, 2.45) is 0 Å². The van der Waals surface area contributed by atoms with Gasteiger partial charge in [-0.25, -0.2) is 4.39 Å². The van der Waals surface area contributed by atoms with Gasteiger partial charge in [-0.15, -0.1) is 11.3 Å². The molecule has 1 aromatic carbocycles. The number of hydrogen-bond donors (Lipinski definition) is 2. The maximum atomic E-state index is 12.9. The molecule has 2 rings (SSSR count). The maximum absolute atomic E-state index is 12.9. The van der Waals surface area contributed by atoms with E-state index in [4.69, 9.17) is 0 Å². The third-order valence-electron chi connectivity index (χ3n) is 3.15. The predicted octanol–water partition coefficient (Wildman–Crippen LogP) is 2.35. The Hall–Kier alpha value is -1.23. The fourth-order valence-electron chi connectivity index (χ4n) is 2.00. The Bertz CT molecular complexity index is 475. The molecule has 2 nitrogen and oxygen atoms in total. The summed E-state index contributed by atoms with van der Waals surface area (Å²) >= 11 is 1.58. The maximum Gasteiger partial charge on any atom is 0.123 e. The van der Waals surface area contributed by atoms with E-state index in [0.29, 0.717) is 6.42 Å². The van der Waals surface area contributed by atoms with Gasteiger partial charge in [0.25, 0.3) is 0 Å². The summed E-state index contributed by atoms with van der Waals surface area (Å²) in [5, 5.41) is 21.3. The highest BCUT2D eigenvalue weighted by molar-refractivity contribution is 7.09. The highest BCUT2D eigenvalue weighted by atomic mass is 32.1. The molecule has 0 radical (unpaired) electrons. The van der Waals surface area contributed by atoms with Crippen LogP contribution in [0.15, 0.2) is 41.8 Å². The van der Waals surface area contributed by atoms with E-state index >= 15 is 0 Å². The first-order valence-electron chi connectivity index (χ1n) is 5.70. The van der Waals surface area contributed by atoms with Crippen molar-refractivity contribution in [2.75, 3.05) is 13.2 Å². The number of halogens is 1. The molecule has 96 valence electrons. The molecular formula is C14H15FO2S. The van der Waals surface area contributed by atoms with Gasteiger partial charge in [-0.3, -0.25) is 0 Å². The second-order valence-corrected chi connectivity index (χ2v) is 5.39. The second kappa shape index (κ2) is 5.61. The number of thiophene rings is 1. The molecule has 0 saturated heterocycles. The van der Waals surface area contributed by atoms with Gasteiger partial charge in [-0.2, -0.15) is 0 Å². The molecule has 0 aliphatic carbocycles. The molecule has 0 spiro atoms. The summed E-state index contributed by atoms with van der Waals surface area (Å²) in [7, 11) is 0. The first-order valence-corrected chi connectivity index (χ1v) is 6.58. The molecule has 0 bridgehead atoms. The molecule has 0 aliphatic heterocycles. The van der Waals surface area contributed by atoms with E-state index in [1.165, 1.54) is 12.1 Å². The van der Waals surface area contributed by atoms with E-state index < -0.39 is 5.41 Å². The highest BCUT2D eigenvalue weighted by Gasteiger charge is 2.31. The molecule has 2 N–H and O–H groups in total. The van der Waals surface area contributed by atoms with Crippen LogP contribution in [0.2, 0.25) is 0 Å². The van der Waals surface area contributed by atoms with Crippen LogP contribution in [0, 0.1) is 5.82 Å². The van der Waals surface area contributed by atoms with Gasteiger partial charge in [0.05, 0.1) is 13.2 Å². The molecule has 2 aromatic rings. The van der Waals surface area contributed by atoms with Gasteiger partial charge in [0, 0.05) is 10.3 Å². The third kappa shape index (κ3) is 2.61. The van der Waals surface area contributed by atoms with E-state index in [1.807, 2.05) is 17.5 Å². The molecule has 4 heteroatoms. The molecule has 1 heterocycles. The van der Waals surface area contributed by atoms with Crippen LogP contribution < -0.4 is 0 Å². The second-order valence-electron chi connectivity index (χ2n) is 4.36. The van der Waals surface area contributed by atoms with Gasteiger partial charge < -0.3 is 10.2 Å². The standard InChI is InChI=1S/C14H15FO2S/c15-12-5-3-11(4-6-12)14(9-16,10-17)8-13-2-1-7-18-13/h1-7,16-17H,8-10H2. The molecule has 18 heavy (non-hydrogen) atoms. The SMILES string of the molecule is OCC(CO)(Cc1cccs1)c1ccc(F)cc1. The number of rotatable bonds is 5. The lowest BCUT2D eigenvalue weighted by molar-refractivity contribution is 0.117. The van der Waals surface area contributed by atoms with Crippen LogP contribution >= 0.6 is 11.3 Å². The van der Waals surface area contributed by atoms with Crippen molar-refractivity contribution in [3.05, 3.63) is 58.0 Å². The molecular weight excluding hydrogens is 251 g/mol. The Kier molecular flexibility index (Phi) is 4.11. The molecule has 0 saturated carbocycles. The number of aliphatic hydroxyl groups excluding tert-OH is 2. The lowest BCUT2D eigenvalue weighted by Gasteiger charge is -2.30. The fourth-order valence-corrected chi connectivity index (χ4v) is 2.85. The first kappa shape index (κ1) is 13.2. The molecule has 0 aliphatic rings. The lowest BCUT2D eigenvalue weighted by Crippen LogP contribution is -2.37. The summed E-state index contributed by atoms with van der Waals surface area (Å²) in [6, 6.07) is 9.84. The van der Waals surface area contributed by atoms with Crippen molar-refractivity contribution in [3.8, 4) is 0 Å². The fraction of sp³-hybridized carbons (Fsp3) is 0.286. The lowest BCUT2D eigenvalue weighted by atomic mass is 9.78. The first-order chi connectivity index (χ1) is 8.70. The van der Waals surface area contributed by atoms with E-state index in [2.05, 4.69) is 0 Å². The van der Waals surface area contributed by atoms with Crippen LogP contribution in [0.3, 0.4) is 0 Å². The minimum absolute atomic E-state index is 0.174. The summed E-state index contributed by atoms with van der Waals surface area (Å²) in [5.41, 5.74) is 0.000694. The monoisotopic (exact) mass is 266 g/mol. The Morgan fingerprint density at radius 1 is 1.06 bits per heavy atom. The van der Waals surface area contributed by atoms with E-state index in [1.54, 1.807) is 23.5 Å². The molecule has 1 aromatic heterocycles. The zero-order valence-electron chi connectivity index (χ0n) is 9.84. The van der Waals surface area contributed by atoms with Crippen LogP contribution in [0.25, 0.3) is 0 Å². The van der Waals surface area contributed by atoms with Crippen LogP contribution in [0.5, 0.6) is 0 Å². The van der Waals surface area contributed by atoms with Crippen molar-refractivity contribution in [1.82, 2.24) is 0 Å². The summed E-state index contributed by atoms with van der Waals surface area (Å²) < 4.78 is 12.9. The number of aliphatic hydroxyl groups is 2. The minimum Gasteiger partial charge on any atom is -0.395 e. The van der Waals surface area contributed by atoms with Gasteiger partial charge in [-0.1, -0.05) is 18.2 Å². The topological polar surface area (TPSA) is 40.5 Å². The van der Waals surface area contributed by atoms with Gasteiger partial charge in [0.1, 0.15) is 5.82 Å². The van der Waals surface area contributed by atoms with Gasteiger partial charge in [0.15, 0.2) is 0 Å².